The minimum absolute atomic E-state index is 0. The fraction of sp³-hybridized carbons (Fsp3) is 0.211. The maximum atomic E-state index is 6.18. The second-order valence-electron chi connectivity index (χ2n) is 5.43. The Labute approximate surface area is 182 Å². The number of rotatable bonds is 5. The molecular formula is C19H19BrCl2N2O2S. The first-order valence-corrected chi connectivity index (χ1v) is 9.61. The zero-order valence-electron chi connectivity index (χ0n) is 15.0. The second kappa shape index (κ2) is 9.64. The van der Waals surface area contributed by atoms with E-state index in [1.54, 1.807) is 37.7 Å². The highest BCUT2D eigenvalue weighted by atomic mass is 79.9. The summed E-state index contributed by atoms with van der Waals surface area (Å²) >= 11 is 13.7. The second-order valence-corrected chi connectivity index (χ2v) is 7.11. The van der Waals surface area contributed by atoms with Crippen LogP contribution >= 0.6 is 51.5 Å². The van der Waals surface area contributed by atoms with Gasteiger partial charge in [-0.1, -0.05) is 35.3 Å². The Bertz CT molecular complexity index is 984. The van der Waals surface area contributed by atoms with Crippen LogP contribution in [0.1, 0.15) is 6.92 Å². The van der Waals surface area contributed by atoms with Crippen LogP contribution in [0.25, 0.3) is 11.3 Å². The minimum atomic E-state index is 0. The van der Waals surface area contributed by atoms with E-state index in [1.165, 1.54) is 0 Å². The largest absolute Gasteiger partial charge is 0.495 e. The summed E-state index contributed by atoms with van der Waals surface area (Å²) in [5.74, 6) is 1.16. The van der Waals surface area contributed by atoms with E-state index < -0.39 is 0 Å². The molecule has 1 aromatic heterocycles. The lowest BCUT2D eigenvalue weighted by atomic mass is 10.2. The van der Waals surface area contributed by atoms with Gasteiger partial charge in [0.05, 0.1) is 24.9 Å². The number of hydrogen-bond acceptors (Lipinski definition) is 4. The van der Waals surface area contributed by atoms with Gasteiger partial charge in [-0.2, -0.15) is 0 Å². The van der Waals surface area contributed by atoms with Gasteiger partial charge in [-0.05, 0) is 24.6 Å². The van der Waals surface area contributed by atoms with Crippen molar-refractivity contribution >= 4 is 57.2 Å². The molecule has 0 atom stereocenters. The molecule has 0 aliphatic carbocycles. The van der Waals surface area contributed by atoms with Gasteiger partial charge in [0.2, 0.25) is 0 Å². The first-order chi connectivity index (χ1) is 12.6. The van der Waals surface area contributed by atoms with Gasteiger partial charge in [0.15, 0.2) is 4.80 Å². The molecule has 1 heterocycles. The smallest absolute Gasteiger partial charge is 0.190 e. The number of aromatic nitrogens is 1. The third-order valence-corrected chi connectivity index (χ3v) is 5.33. The number of nitrogens with zero attached hydrogens (tertiary/aromatic N) is 2. The summed E-state index contributed by atoms with van der Waals surface area (Å²) in [5.41, 5.74) is 2.85. The summed E-state index contributed by atoms with van der Waals surface area (Å²) in [5, 5.41) is 3.29. The van der Waals surface area contributed by atoms with Crippen molar-refractivity contribution in [2.24, 2.45) is 4.99 Å². The highest BCUT2D eigenvalue weighted by Crippen LogP contribution is 2.37. The number of methoxy groups -OCH3 is 2. The quantitative estimate of drug-likeness (QED) is 0.417. The normalized spacial score (nSPS) is 11.2. The first kappa shape index (κ1) is 21.8. The fourth-order valence-electron chi connectivity index (χ4n) is 2.61. The third kappa shape index (κ3) is 4.69. The lowest BCUT2D eigenvalue weighted by molar-refractivity contribution is 0.404. The highest BCUT2D eigenvalue weighted by Gasteiger charge is 2.11. The van der Waals surface area contributed by atoms with Crippen molar-refractivity contribution in [1.82, 2.24) is 4.57 Å². The van der Waals surface area contributed by atoms with Crippen LogP contribution < -0.4 is 14.3 Å². The molecule has 0 aliphatic heterocycles. The molecular weight excluding hydrogens is 471 g/mol. The van der Waals surface area contributed by atoms with E-state index >= 15 is 0 Å². The van der Waals surface area contributed by atoms with Gasteiger partial charge in [-0.25, -0.2) is 4.99 Å². The van der Waals surface area contributed by atoms with Crippen LogP contribution in [-0.4, -0.2) is 18.8 Å². The van der Waals surface area contributed by atoms with Crippen LogP contribution in [0.3, 0.4) is 0 Å². The summed E-state index contributed by atoms with van der Waals surface area (Å²) in [6.45, 7) is 2.87. The summed E-state index contributed by atoms with van der Waals surface area (Å²) in [6.07, 6.45) is 0. The molecule has 0 radical (unpaired) electrons. The molecule has 3 aromatic rings. The van der Waals surface area contributed by atoms with E-state index in [2.05, 4.69) is 16.9 Å². The van der Waals surface area contributed by atoms with Gasteiger partial charge in [0.25, 0.3) is 0 Å². The maximum absolute atomic E-state index is 6.18. The summed E-state index contributed by atoms with van der Waals surface area (Å²) in [4.78, 5) is 5.65. The van der Waals surface area contributed by atoms with Gasteiger partial charge < -0.3 is 14.0 Å². The lowest BCUT2D eigenvalue weighted by Gasteiger charge is -2.09. The van der Waals surface area contributed by atoms with Crippen molar-refractivity contribution in [3.63, 3.8) is 0 Å². The van der Waals surface area contributed by atoms with Crippen LogP contribution in [0, 0.1) is 0 Å². The molecule has 0 spiro atoms. The molecule has 0 amide bonds. The number of thiazole rings is 1. The van der Waals surface area contributed by atoms with Crippen molar-refractivity contribution in [1.29, 1.82) is 0 Å². The Morgan fingerprint density at radius 1 is 1.04 bits per heavy atom. The van der Waals surface area contributed by atoms with Gasteiger partial charge >= 0.3 is 0 Å². The molecule has 144 valence electrons. The Balaban J connectivity index is 0.00000261. The molecule has 27 heavy (non-hydrogen) atoms. The average Bonchev–Trinajstić information content (AvgIpc) is 3.05. The third-order valence-electron chi connectivity index (χ3n) is 3.92. The van der Waals surface area contributed by atoms with Crippen LogP contribution in [0.2, 0.25) is 10.0 Å². The van der Waals surface area contributed by atoms with E-state index in [1.807, 2.05) is 24.3 Å². The molecule has 0 saturated carbocycles. The van der Waals surface area contributed by atoms with Crippen LogP contribution in [-0.2, 0) is 6.54 Å². The minimum Gasteiger partial charge on any atom is -0.495 e. The average molecular weight is 490 g/mol. The first-order valence-electron chi connectivity index (χ1n) is 7.98. The molecule has 8 heteroatoms. The van der Waals surface area contributed by atoms with E-state index in [9.17, 15) is 0 Å². The number of ether oxygens (including phenoxy) is 2. The molecule has 0 unspecified atom stereocenters. The summed E-state index contributed by atoms with van der Waals surface area (Å²) in [6, 6.07) is 11.3. The summed E-state index contributed by atoms with van der Waals surface area (Å²) < 4.78 is 12.9. The Kier molecular flexibility index (Phi) is 7.79. The van der Waals surface area contributed by atoms with Gasteiger partial charge in [-0.15, -0.1) is 28.3 Å². The predicted octanol–water partition coefficient (Wildman–Crippen LogP) is 6.37. The van der Waals surface area contributed by atoms with Gasteiger partial charge in [0, 0.05) is 29.1 Å². The molecule has 0 aliphatic rings. The number of halogens is 3. The monoisotopic (exact) mass is 488 g/mol. The molecule has 4 nitrogen and oxygen atoms in total. The Morgan fingerprint density at radius 3 is 2.30 bits per heavy atom. The zero-order valence-corrected chi connectivity index (χ0v) is 19.1. The summed E-state index contributed by atoms with van der Waals surface area (Å²) in [7, 11) is 3.17. The van der Waals surface area contributed by atoms with Crippen LogP contribution in [0.4, 0.5) is 5.69 Å². The van der Waals surface area contributed by atoms with Crippen molar-refractivity contribution in [3.05, 3.63) is 56.6 Å². The molecule has 3 rings (SSSR count). The molecule has 0 bridgehead atoms. The van der Waals surface area contributed by atoms with E-state index in [0.717, 1.165) is 27.6 Å². The van der Waals surface area contributed by atoms with Crippen LogP contribution in [0.15, 0.2) is 46.8 Å². The lowest BCUT2D eigenvalue weighted by Crippen LogP contribution is -2.14. The number of hydrogen-bond donors (Lipinski definition) is 0. The van der Waals surface area contributed by atoms with Crippen molar-refractivity contribution in [2.75, 3.05) is 14.2 Å². The van der Waals surface area contributed by atoms with Gasteiger partial charge in [0.1, 0.15) is 17.2 Å². The Hall–Kier alpha value is -1.47. The van der Waals surface area contributed by atoms with Crippen molar-refractivity contribution in [3.8, 4) is 22.8 Å². The number of benzene rings is 2. The molecule has 0 N–H and O–H groups in total. The highest BCUT2D eigenvalue weighted by molar-refractivity contribution is 8.93. The predicted molar refractivity (Wildman–Crippen MR) is 119 cm³/mol. The van der Waals surface area contributed by atoms with E-state index in [0.29, 0.717) is 22.2 Å². The van der Waals surface area contributed by atoms with Crippen molar-refractivity contribution < 1.29 is 9.47 Å². The molecule has 0 fully saturated rings. The standard InChI is InChI=1S/C19H18Cl2N2O2S.BrH/c1-4-23-16(12-5-7-13(20)8-6-12)11-26-19(23)22-15-10-17(24-2)14(21)9-18(15)25-3;/h5-11H,4H2,1-3H3;1H. The fourth-order valence-corrected chi connectivity index (χ4v) is 3.95. The topological polar surface area (TPSA) is 35.8 Å². The van der Waals surface area contributed by atoms with E-state index in [4.69, 9.17) is 37.7 Å². The van der Waals surface area contributed by atoms with Gasteiger partial charge in [-0.3, -0.25) is 0 Å². The Morgan fingerprint density at radius 2 is 1.70 bits per heavy atom. The van der Waals surface area contributed by atoms with Crippen LogP contribution in [0.5, 0.6) is 11.5 Å². The molecule has 0 saturated heterocycles. The SMILES string of the molecule is Br.CCn1c(-c2ccc(Cl)cc2)csc1=Nc1cc(OC)c(Cl)cc1OC. The maximum Gasteiger partial charge on any atom is 0.190 e. The zero-order chi connectivity index (χ0) is 18.7. The van der Waals surface area contributed by atoms with E-state index in [-0.39, 0.29) is 17.0 Å². The molecule has 2 aromatic carbocycles. The van der Waals surface area contributed by atoms with Crippen molar-refractivity contribution in [2.45, 2.75) is 13.5 Å².